The molecule has 21 heavy (non-hydrogen) atoms. The van der Waals surface area contributed by atoms with E-state index >= 15 is 0 Å². The van der Waals surface area contributed by atoms with Gasteiger partial charge in [0.1, 0.15) is 0 Å². The summed E-state index contributed by atoms with van der Waals surface area (Å²) < 4.78 is 5.25. The van der Waals surface area contributed by atoms with Crippen LogP contribution in [0.25, 0.3) is 0 Å². The Morgan fingerprint density at radius 1 is 1.24 bits per heavy atom. The predicted octanol–water partition coefficient (Wildman–Crippen LogP) is 1.77. The number of nitrogens with two attached hydrogens (primary N) is 2. The molecule has 116 valence electrons. The van der Waals surface area contributed by atoms with E-state index in [0.717, 1.165) is 18.8 Å². The smallest absolute Gasteiger partial charge is 0.409 e. The number of hydrogen-bond acceptors (Lipinski definition) is 5. The van der Waals surface area contributed by atoms with E-state index in [0.29, 0.717) is 37.0 Å². The number of carbonyl (C=O) groups is 1. The van der Waals surface area contributed by atoms with E-state index < -0.39 is 0 Å². The summed E-state index contributed by atoms with van der Waals surface area (Å²) in [7, 11) is 0. The lowest BCUT2D eigenvalue weighted by molar-refractivity contribution is 0.0902. The third kappa shape index (κ3) is 3.71. The highest BCUT2D eigenvalue weighted by atomic mass is 16.6. The zero-order chi connectivity index (χ0) is 15.4. The molecular weight excluding hydrogens is 268 g/mol. The van der Waals surface area contributed by atoms with Crippen molar-refractivity contribution in [1.29, 1.82) is 0 Å². The van der Waals surface area contributed by atoms with Crippen LogP contribution in [-0.4, -0.2) is 43.8 Å². The predicted molar refractivity (Wildman–Crippen MR) is 85.2 cm³/mol. The van der Waals surface area contributed by atoms with Crippen molar-refractivity contribution in [3.05, 3.63) is 18.2 Å². The van der Waals surface area contributed by atoms with Crippen LogP contribution in [0, 0.1) is 5.92 Å². The summed E-state index contributed by atoms with van der Waals surface area (Å²) in [5, 5.41) is 0. The van der Waals surface area contributed by atoms with Gasteiger partial charge in [0.15, 0.2) is 0 Å². The number of benzene rings is 1. The lowest BCUT2D eigenvalue weighted by atomic mass is 10.2. The lowest BCUT2D eigenvalue weighted by Crippen LogP contribution is -2.49. The molecular formula is C15H24N4O2. The molecule has 1 heterocycles. The van der Waals surface area contributed by atoms with Crippen molar-refractivity contribution in [2.24, 2.45) is 5.92 Å². The molecule has 1 fully saturated rings. The average Bonchev–Trinajstić information content (AvgIpc) is 2.48. The molecule has 0 radical (unpaired) electrons. The number of anilines is 3. The summed E-state index contributed by atoms with van der Waals surface area (Å²) in [6.45, 7) is 7.22. The second-order valence-electron chi connectivity index (χ2n) is 5.72. The fourth-order valence-corrected chi connectivity index (χ4v) is 2.31. The maximum atomic E-state index is 11.9. The minimum atomic E-state index is -0.233. The van der Waals surface area contributed by atoms with Crippen LogP contribution in [-0.2, 0) is 4.74 Å². The molecule has 1 aromatic carbocycles. The molecule has 0 spiro atoms. The Balaban J connectivity index is 1.91. The second kappa shape index (κ2) is 6.56. The van der Waals surface area contributed by atoms with Crippen LogP contribution < -0.4 is 16.4 Å². The van der Waals surface area contributed by atoms with Gasteiger partial charge in [-0.3, -0.25) is 0 Å². The highest BCUT2D eigenvalue weighted by Gasteiger charge is 2.23. The number of rotatable bonds is 3. The van der Waals surface area contributed by atoms with E-state index in [2.05, 4.69) is 4.90 Å². The van der Waals surface area contributed by atoms with Crippen molar-refractivity contribution in [3.63, 3.8) is 0 Å². The molecule has 0 aromatic heterocycles. The van der Waals surface area contributed by atoms with Gasteiger partial charge in [-0.25, -0.2) is 4.79 Å². The van der Waals surface area contributed by atoms with Gasteiger partial charge in [-0.1, -0.05) is 19.9 Å². The Hall–Kier alpha value is -2.11. The third-order valence-electron chi connectivity index (χ3n) is 3.54. The number of ether oxygens (including phenoxy) is 1. The largest absolute Gasteiger partial charge is 0.449 e. The minimum absolute atomic E-state index is 0.233. The fourth-order valence-electron chi connectivity index (χ4n) is 2.31. The third-order valence-corrected chi connectivity index (χ3v) is 3.54. The number of amides is 1. The molecule has 1 aromatic rings. The molecule has 0 saturated carbocycles. The molecule has 1 aliphatic heterocycles. The van der Waals surface area contributed by atoms with E-state index in [4.69, 9.17) is 16.2 Å². The van der Waals surface area contributed by atoms with Crippen LogP contribution in [0.15, 0.2) is 18.2 Å². The van der Waals surface area contributed by atoms with Crippen molar-refractivity contribution in [1.82, 2.24) is 4.90 Å². The first-order valence-corrected chi connectivity index (χ1v) is 7.29. The molecule has 6 heteroatoms. The average molecular weight is 292 g/mol. The summed E-state index contributed by atoms with van der Waals surface area (Å²) in [5.41, 5.74) is 14.0. The quantitative estimate of drug-likeness (QED) is 0.829. The van der Waals surface area contributed by atoms with Gasteiger partial charge in [0, 0.05) is 26.2 Å². The maximum Gasteiger partial charge on any atom is 0.409 e. The number of nitrogen functional groups attached to an aromatic ring is 2. The summed E-state index contributed by atoms with van der Waals surface area (Å²) >= 11 is 0. The van der Waals surface area contributed by atoms with Crippen molar-refractivity contribution < 1.29 is 9.53 Å². The summed E-state index contributed by atoms with van der Waals surface area (Å²) in [5.74, 6) is 0.349. The molecule has 0 bridgehead atoms. The number of piperazine rings is 1. The van der Waals surface area contributed by atoms with Crippen LogP contribution in [0.2, 0.25) is 0 Å². The molecule has 6 nitrogen and oxygen atoms in total. The fraction of sp³-hybridized carbons (Fsp3) is 0.533. The van der Waals surface area contributed by atoms with Gasteiger partial charge in [0.05, 0.1) is 23.7 Å². The van der Waals surface area contributed by atoms with Gasteiger partial charge in [0.25, 0.3) is 0 Å². The maximum absolute atomic E-state index is 11.9. The first-order chi connectivity index (χ1) is 9.99. The molecule has 0 atom stereocenters. The normalized spacial score (nSPS) is 15.4. The van der Waals surface area contributed by atoms with Gasteiger partial charge >= 0.3 is 6.09 Å². The number of nitrogens with zero attached hydrogens (tertiary/aromatic N) is 2. The highest BCUT2D eigenvalue weighted by molar-refractivity contribution is 5.79. The van der Waals surface area contributed by atoms with Crippen molar-refractivity contribution in [2.45, 2.75) is 13.8 Å². The number of carbonyl (C=O) groups excluding carboxylic acids is 1. The van der Waals surface area contributed by atoms with Gasteiger partial charge in [-0.05, 0) is 18.1 Å². The Labute approximate surface area is 125 Å². The number of hydrogen-bond donors (Lipinski definition) is 2. The molecule has 0 unspecified atom stereocenters. The topological polar surface area (TPSA) is 84.8 Å². The Bertz CT molecular complexity index is 496. The molecule has 1 aliphatic rings. The van der Waals surface area contributed by atoms with Crippen molar-refractivity contribution in [2.75, 3.05) is 49.2 Å². The molecule has 1 amide bonds. The van der Waals surface area contributed by atoms with Crippen molar-refractivity contribution >= 4 is 23.2 Å². The van der Waals surface area contributed by atoms with E-state index in [1.165, 1.54) is 0 Å². The van der Waals surface area contributed by atoms with Crippen LogP contribution in [0.1, 0.15) is 13.8 Å². The SMILES string of the molecule is CC(C)COC(=O)N1CCN(c2cccc(N)c2N)CC1. The van der Waals surface area contributed by atoms with E-state index in [1.807, 2.05) is 26.0 Å². The zero-order valence-corrected chi connectivity index (χ0v) is 12.7. The van der Waals surface area contributed by atoms with Gasteiger partial charge in [0.2, 0.25) is 0 Å². The van der Waals surface area contributed by atoms with E-state index in [-0.39, 0.29) is 6.09 Å². The van der Waals surface area contributed by atoms with Gasteiger partial charge < -0.3 is 26.0 Å². The Morgan fingerprint density at radius 2 is 1.90 bits per heavy atom. The first-order valence-electron chi connectivity index (χ1n) is 7.29. The van der Waals surface area contributed by atoms with Gasteiger partial charge in [-0.2, -0.15) is 0 Å². The Morgan fingerprint density at radius 3 is 2.52 bits per heavy atom. The molecule has 2 rings (SSSR count). The zero-order valence-electron chi connectivity index (χ0n) is 12.7. The van der Waals surface area contributed by atoms with Crippen LogP contribution in [0.5, 0.6) is 0 Å². The van der Waals surface area contributed by atoms with Crippen LogP contribution in [0.3, 0.4) is 0 Å². The Kier molecular flexibility index (Phi) is 4.77. The minimum Gasteiger partial charge on any atom is -0.449 e. The summed E-state index contributed by atoms with van der Waals surface area (Å²) in [6.07, 6.45) is -0.233. The lowest BCUT2D eigenvalue weighted by Gasteiger charge is -2.36. The van der Waals surface area contributed by atoms with E-state index in [9.17, 15) is 4.79 Å². The van der Waals surface area contributed by atoms with E-state index in [1.54, 1.807) is 11.0 Å². The summed E-state index contributed by atoms with van der Waals surface area (Å²) in [4.78, 5) is 15.8. The number of para-hydroxylation sites is 1. The molecule has 1 saturated heterocycles. The standard InChI is InChI=1S/C15H24N4O2/c1-11(2)10-21-15(20)19-8-6-18(7-9-19)13-5-3-4-12(16)14(13)17/h3-5,11H,6-10,16-17H2,1-2H3. The highest BCUT2D eigenvalue weighted by Crippen LogP contribution is 2.29. The van der Waals surface area contributed by atoms with Crippen molar-refractivity contribution in [3.8, 4) is 0 Å². The molecule has 4 N–H and O–H groups in total. The monoisotopic (exact) mass is 292 g/mol. The van der Waals surface area contributed by atoms with Crippen LogP contribution >= 0.6 is 0 Å². The molecule has 0 aliphatic carbocycles. The second-order valence-corrected chi connectivity index (χ2v) is 5.72. The first kappa shape index (κ1) is 15.3. The van der Waals surface area contributed by atoms with Crippen LogP contribution in [0.4, 0.5) is 21.9 Å². The summed E-state index contributed by atoms with van der Waals surface area (Å²) in [6, 6.07) is 5.64. The van der Waals surface area contributed by atoms with Gasteiger partial charge in [-0.15, -0.1) is 0 Å².